The molecule has 2 aliphatic rings. The fraction of sp³-hybridized carbons (Fsp3) is 0.857. The molecule has 3 N–H and O–H groups in total. The number of nitrogens with one attached hydrogen (secondary N) is 2. The van der Waals surface area contributed by atoms with Crippen molar-refractivity contribution in [2.24, 2.45) is 11.3 Å². The Balaban J connectivity index is 1.60. The summed E-state index contributed by atoms with van der Waals surface area (Å²) in [5.74, 6) is -0.261. The zero-order valence-electron chi connectivity index (χ0n) is 12.2. The maximum atomic E-state index is 11.7. The van der Waals surface area contributed by atoms with Crippen LogP contribution in [0.3, 0.4) is 0 Å². The van der Waals surface area contributed by atoms with Crippen LogP contribution in [0.4, 0.5) is 4.79 Å². The van der Waals surface area contributed by atoms with Gasteiger partial charge in [0.05, 0.1) is 5.41 Å². The van der Waals surface area contributed by atoms with Crippen LogP contribution in [0.15, 0.2) is 0 Å². The number of likely N-dealkylation sites (tertiary alicyclic amines) is 1. The fourth-order valence-electron chi connectivity index (χ4n) is 2.67. The molecule has 0 aromatic heterocycles. The van der Waals surface area contributed by atoms with Gasteiger partial charge in [-0.15, -0.1) is 0 Å². The van der Waals surface area contributed by atoms with Gasteiger partial charge in [-0.1, -0.05) is 6.92 Å². The van der Waals surface area contributed by atoms with Crippen molar-refractivity contribution in [3.05, 3.63) is 0 Å². The number of carboxylic acid groups (broad SMARTS) is 1. The van der Waals surface area contributed by atoms with Gasteiger partial charge in [-0.2, -0.15) is 0 Å². The van der Waals surface area contributed by atoms with E-state index in [1.165, 1.54) is 0 Å². The van der Waals surface area contributed by atoms with E-state index in [4.69, 9.17) is 5.11 Å². The van der Waals surface area contributed by atoms with Crippen LogP contribution in [-0.2, 0) is 4.79 Å². The van der Waals surface area contributed by atoms with Crippen molar-refractivity contribution in [2.75, 3.05) is 32.7 Å². The minimum Gasteiger partial charge on any atom is -0.481 e. The molecule has 1 saturated heterocycles. The van der Waals surface area contributed by atoms with Gasteiger partial charge in [-0.25, -0.2) is 4.79 Å². The summed E-state index contributed by atoms with van der Waals surface area (Å²) in [7, 11) is 0. The number of hydrogen-bond donors (Lipinski definition) is 3. The minimum atomic E-state index is -0.801. The first-order valence-corrected chi connectivity index (χ1v) is 7.53. The fourth-order valence-corrected chi connectivity index (χ4v) is 2.67. The Morgan fingerprint density at radius 2 is 1.90 bits per heavy atom. The number of carbonyl (C=O) groups excluding carboxylic acids is 1. The Hall–Kier alpha value is -1.30. The van der Waals surface area contributed by atoms with Gasteiger partial charge in [0.25, 0.3) is 0 Å². The quantitative estimate of drug-likeness (QED) is 0.676. The number of carbonyl (C=O) groups is 2. The molecule has 6 heteroatoms. The summed E-state index contributed by atoms with van der Waals surface area (Å²) in [4.78, 5) is 25.1. The van der Waals surface area contributed by atoms with Crippen LogP contribution in [-0.4, -0.2) is 54.7 Å². The molecule has 0 bridgehead atoms. The third kappa shape index (κ3) is 3.85. The Morgan fingerprint density at radius 1 is 1.25 bits per heavy atom. The molecule has 0 atom stereocenters. The van der Waals surface area contributed by atoms with E-state index in [0.29, 0.717) is 25.3 Å². The maximum Gasteiger partial charge on any atom is 0.314 e. The molecule has 2 fully saturated rings. The van der Waals surface area contributed by atoms with Crippen molar-refractivity contribution in [1.82, 2.24) is 15.5 Å². The first kappa shape index (κ1) is 15.1. The van der Waals surface area contributed by atoms with Gasteiger partial charge in [0.15, 0.2) is 0 Å². The van der Waals surface area contributed by atoms with Gasteiger partial charge < -0.3 is 20.6 Å². The number of nitrogens with zero attached hydrogens (tertiary/aromatic N) is 1. The van der Waals surface area contributed by atoms with Crippen molar-refractivity contribution in [3.8, 4) is 0 Å². The monoisotopic (exact) mass is 283 g/mol. The summed E-state index contributed by atoms with van der Waals surface area (Å²) in [5.41, 5.74) is -0.691. The molecule has 1 aliphatic heterocycles. The number of hydrogen-bond acceptors (Lipinski definition) is 3. The van der Waals surface area contributed by atoms with Gasteiger partial charge >= 0.3 is 12.0 Å². The molecule has 0 radical (unpaired) electrons. The smallest absolute Gasteiger partial charge is 0.314 e. The lowest BCUT2D eigenvalue weighted by molar-refractivity contribution is -0.143. The highest BCUT2D eigenvalue weighted by molar-refractivity contribution is 5.80. The minimum absolute atomic E-state index is 0.239. The number of carboxylic acids is 1. The summed E-state index contributed by atoms with van der Waals surface area (Å²) in [6, 6.07) is -0.240. The predicted molar refractivity (Wildman–Crippen MR) is 75.5 cm³/mol. The lowest BCUT2D eigenvalue weighted by Crippen LogP contribution is -2.44. The molecule has 0 unspecified atom stereocenters. The molecule has 114 valence electrons. The lowest BCUT2D eigenvalue weighted by atomic mass is 9.97. The van der Waals surface area contributed by atoms with Gasteiger partial charge in [0.1, 0.15) is 0 Å². The van der Waals surface area contributed by atoms with E-state index in [1.807, 2.05) is 0 Å². The molecule has 2 amide bonds. The third-order valence-corrected chi connectivity index (χ3v) is 4.60. The number of urea groups is 1. The number of aliphatic carboxylic acids is 1. The van der Waals surface area contributed by atoms with Crippen LogP contribution in [0, 0.1) is 11.3 Å². The molecular formula is C14H25N3O3. The highest BCUT2D eigenvalue weighted by Gasteiger charge is 2.50. The van der Waals surface area contributed by atoms with Crippen LogP contribution in [0.5, 0.6) is 0 Å². The molecule has 6 nitrogen and oxygen atoms in total. The topological polar surface area (TPSA) is 81.7 Å². The standard InChI is InChI=1S/C14H25N3O3/c1-2-17-7-3-11(4-8-17)9-15-13(20)16-10-14(5-6-14)12(18)19/h11H,2-10H2,1H3,(H,18,19)(H2,15,16,20). The largest absolute Gasteiger partial charge is 0.481 e. The van der Waals surface area contributed by atoms with Gasteiger partial charge in [0, 0.05) is 13.1 Å². The van der Waals surface area contributed by atoms with Crippen LogP contribution >= 0.6 is 0 Å². The van der Waals surface area contributed by atoms with Gasteiger partial charge in [-0.05, 0) is 51.2 Å². The summed E-state index contributed by atoms with van der Waals surface area (Å²) < 4.78 is 0. The molecule has 1 heterocycles. The first-order chi connectivity index (χ1) is 9.55. The van der Waals surface area contributed by atoms with Crippen LogP contribution < -0.4 is 10.6 Å². The molecule has 0 spiro atoms. The molecule has 0 aromatic carbocycles. The van der Waals surface area contributed by atoms with Crippen LogP contribution in [0.2, 0.25) is 0 Å². The highest BCUT2D eigenvalue weighted by atomic mass is 16.4. The van der Waals surface area contributed by atoms with E-state index < -0.39 is 11.4 Å². The molecule has 20 heavy (non-hydrogen) atoms. The van der Waals surface area contributed by atoms with E-state index in [0.717, 1.165) is 32.5 Å². The van der Waals surface area contributed by atoms with E-state index in [-0.39, 0.29) is 12.6 Å². The van der Waals surface area contributed by atoms with Gasteiger partial charge in [-0.3, -0.25) is 4.79 Å². The average Bonchev–Trinajstić information content (AvgIpc) is 3.25. The zero-order chi connectivity index (χ0) is 14.6. The lowest BCUT2D eigenvalue weighted by Gasteiger charge is -2.31. The highest BCUT2D eigenvalue weighted by Crippen LogP contribution is 2.45. The second kappa shape index (κ2) is 6.43. The third-order valence-electron chi connectivity index (χ3n) is 4.60. The van der Waals surface area contributed by atoms with Crippen molar-refractivity contribution < 1.29 is 14.7 Å². The van der Waals surface area contributed by atoms with E-state index in [1.54, 1.807) is 0 Å². The molecule has 2 rings (SSSR count). The van der Waals surface area contributed by atoms with Crippen molar-refractivity contribution >= 4 is 12.0 Å². The van der Waals surface area contributed by atoms with E-state index in [2.05, 4.69) is 22.5 Å². The zero-order valence-corrected chi connectivity index (χ0v) is 12.2. The van der Waals surface area contributed by atoms with Crippen molar-refractivity contribution in [1.29, 1.82) is 0 Å². The summed E-state index contributed by atoms with van der Waals surface area (Å²) in [6.07, 6.45) is 3.57. The predicted octanol–water partition coefficient (Wildman–Crippen LogP) is 0.882. The summed E-state index contributed by atoms with van der Waals surface area (Å²) in [5, 5.41) is 14.6. The second-order valence-corrected chi connectivity index (χ2v) is 6.03. The van der Waals surface area contributed by atoms with E-state index >= 15 is 0 Å². The SMILES string of the molecule is CCN1CCC(CNC(=O)NCC2(C(=O)O)CC2)CC1. The Kier molecular flexibility index (Phi) is 4.86. The van der Waals surface area contributed by atoms with Crippen molar-refractivity contribution in [2.45, 2.75) is 32.6 Å². The Morgan fingerprint density at radius 3 is 2.40 bits per heavy atom. The summed E-state index contributed by atoms with van der Waals surface area (Å²) >= 11 is 0. The van der Waals surface area contributed by atoms with E-state index in [9.17, 15) is 9.59 Å². The van der Waals surface area contributed by atoms with Gasteiger partial charge in [0.2, 0.25) is 0 Å². The Bertz CT molecular complexity index is 361. The molecular weight excluding hydrogens is 258 g/mol. The van der Waals surface area contributed by atoms with Crippen molar-refractivity contribution in [3.63, 3.8) is 0 Å². The first-order valence-electron chi connectivity index (χ1n) is 7.53. The van der Waals surface area contributed by atoms with Crippen LogP contribution in [0.25, 0.3) is 0 Å². The number of amides is 2. The number of piperidine rings is 1. The average molecular weight is 283 g/mol. The number of rotatable bonds is 6. The van der Waals surface area contributed by atoms with Crippen LogP contribution in [0.1, 0.15) is 32.6 Å². The molecule has 1 aliphatic carbocycles. The summed E-state index contributed by atoms with van der Waals surface area (Å²) in [6.45, 7) is 6.39. The maximum absolute atomic E-state index is 11.7. The Labute approximate surface area is 119 Å². The molecule has 1 saturated carbocycles. The molecule has 0 aromatic rings. The second-order valence-electron chi connectivity index (χ2n) is 6.03. The normalized spacial score (nSPS) is 22.2.